The van der Waals surface area contributed by atoms with E-state index < -0.39 is 0 Å². The fourth-order valence-electron chi connectivity index (χ4n) is 1.81. The average Bonchev–Trinajstić information content (AvgIpc) is 2.99. The minimum atomic E-state index is -0.106. The number of hydrogen-bond acceptors (Lipinski definition) is 1. The molecule has 1 aromatic carbocycles. The smallest absolute Gasteiger partial charge is 0.319 e. The third kappa shape index (κ3) is 2.99. The quantitative estimate of drug-likeness (QED) is 0.804. The van der Waals surface area contributed by atoms with Crippen molar-refractivity contribution in [2.45, 2.75) is 32.7 Å². The van der Waals surface area contributed by atoms with Crippen LogP contribution in [0.2, 0.25) is 0 Å². The second-order valence-electron chi connectivity index (χ2n) is 4.59. The Morgan fingerprint density at radius 3 is 2.81 bits per heavy atom. The summed E-state index contributed by atoms with van der Waals surface area (Å²) in [6, 6.07) is 7.98. The first kappa shape index (κ1) is 11.0. The van der Waals surface area contributed by atoms with Crippen LogP contribution in [0.25, 0.3) is 0 Å². The zero-order valence-corrected chi connectivity index (χ0v) is 9.79. The molecule has 1 atom stereocenters. The fraction of sp³-hybridized carbons (Fsp3) is 0.462. The van der Waals surface area contributed by atoms with E-state index >= 15 is 0 Å². The molecule has 2 N–H and O–H groups in total. The average molecular weight is 218 g/mol. The molecule has 16 heavy (non-hydrogen) atoms. The molecule has 0 heterocycles. The van der Waals surface area contributed by atoms with Crippen molar-refractivity contribution in [3.8, 4) is 0 Å². The summed E-state index contributed by atoms with van der Waals surface area (Å²) >= 11 is 0. The molecular formula is C13H18N2O. The van der Waals surface area contributed by atoms with Crippen LogP contribution in [0.15, 0.2) is 24.3 Å². The molecule has 0 radical (unpaired) electrons. The van der Waals surface area contributed by atoms with Gasteiger partial charge in [-0.15, -0.1) is 0 Å². The van der Waals surface area contributed by atoms with E-state index in [-0.39, 0.29) is 12.1 Å². The van der Waals surface area contributed by atoms with Crippen molar-refractivity contribution < 1.29 is 4.79 Å². The Kier molecular flexibility index (Phi) is 3.13. The number of nitrogens with one attached hydrogen (secondary N) is 2. The van der Waals surface area contributed by atoms with Crippen LogP contribution in [0, 0.1) is 12.8 Å². The van der Waals surface area contributed by atoms with E-state index in [0.717, 1.165) is 11.3 Å². The Morgan fingerprint density at radius 1 is 1.44 bits per heavy atom. The molecule has 0 spiro atoms. The summed E-state index contributed by atoms with van der Waals surface area (Å²) in [5.41, 5.74) is 1.99. The van der Waals surface area contributed by atoms with Gasteiger partial charge in [0.1, 0.15) is 0 Å². The summed E-state index contributed by atoms with van der Waals surface area (Å²) in [6.45, 7) is 4.07. The first-order valence-electron chi connectivity index (χ1n) is 5.79. The van der Waals surface area contributed by atoms with Crippen LogP contribution >= 0.6 is 0 Å². The molecule has 1 aliphatic rings. The summed E-state index contributed by atoms with van der Waals surface area (Å²) in [5.74, 6) is 0.684. The van der Waals surface area contributed by atoms with Crippen LogP contribution in [-0.2, 0) is 0 Å². The maximum Gasteiger partial charge on any atom is 0.319 e. The molecule has 0 aromatic heterocycles. The van der Waals surface area contributed by atoms with E-state index in [4.69, 9.17) is 0 Å². The number of urea groups is 1. The van der Waals surface area contributed by atoms with E-state index in [9.17, 15) is 4.79 Å². The van der Waals surface area contributed by atoms with Gasteiger partial charge in [0.25, 0.3) is 0 Å². The lowest BCUT2D eigenvalue weighted by molar-refractivity contribution is 0.248. The topological polar surface area (TPSA) is 41.1 Å². The lowest BCUT2D eigenvalue weighted by atomic mass is 10.2. The fourth-order valence-corrected chi connectivity index (χ4v) is 1.81. The first-order chi connectivity index (χ1) is 7.65. The van der Waals surface area contributed by atoms with Crippen LogP contribution in [-0.4, -0.2) is 12.1 Å². The van der Waals surface area contributed by atoms with E-state index in [1.165, 1.54) is 12.8 Å². The Balaban J connectivity index is 1.86. The van der Waals surface area contributed by atoms with Crippen molar-refractivity contribution in [1.82, 2.24) is 5.32 Å². The highest BCUT2D eigenvalue weighted by molar-refractivity contribution is 5.89. The number of amides is 2. The third-order valence-electron chi connectivity index (χ3n) is 2.96. The Bertz CT molecular complexity index is 385. The van der Waals surface area contributed by atoms with Crippen molar-refractivity contribution in [3.05, 3.63) is 29.8 Å². The van der Waals surface area contributed by atoms with Gasteiger partial charge in [-0.05, 0) is 50.3 Å². The van der Waals surface area contributed by atoms with Crippen LogP contribution in [0.1, 0.15) is 25.3 Å². The Hall–Kier alpha value is -1.51. The molecule has 2 amide bonds. The number of hydrogen-bond donors (Lipinski definition) is 2. The SMILES string of the molecule is Cc1cccc(NC(=O)N[C@@H](C)C2CC2)c1. The first-order valence-corrected chi connectivity index (χ1v) is 5.79. The molecule has 1 saturated carbocycles. The second kappa shape index (κ2) is 4.56. The zero-order chi connectivity index (χ0) is 11.5. The summed E-state index contributed by atoms with van der Waals surface area (Å²) in [6.07, 6.45) is 2.48. The molecular weight excluding hydrogens is 200 g/mol. The van der Waals surface area contributed by atoms with Crippen molar-refractivity contribution in [2.24, 2.45) is 5.92 Å². The lowest BCUT2D eigenvalue weighted by Crippen LogP contribution is -2.37. The molecule has 2 rings (SSSR count). The van der Waals surface area contributed by atoms with Crippen molar-refractivity contribution in [3.63, 3.8) is 0 Å². The number of benzene rings is 1. The summed E-state index contributed by atoms with van der Waals surface area (Å²) in [7, 11) is 0. The molecule has 0 aliphatic heterocycles. The lowest BCUT2D eigenvalue weighted by Gasteiger charge is -2.13. The number of aryl methyl sites for hydroxylation is 1. The van der Waals surface area contributed by atoms with E-state index in [2.05, 4.69) is 17.6 Å². The van der Waals surface area contributed by atoms with E-state index in [0.29, 0.717) is 5.92 Å². The van der Waals surface area contributed by atoms with E-state index in [1.807, 2.05) is 31.2 Å². The highest BCUT2D eigenvalue weighted by atomic mass is 16.2. The van der Waals surface area contributed by atoms with Crippen LogP contribution < -0.4 is 10.6 Å². The summed E-state index contributed by atoms with van der Waals surface area (Å²) in [4.78, 5) is 11.6. The largest absolute Gasteiger partial charge is 0.335 e. The van der Waals surface area contributed by atoms with Gasteiger partial charge < -0.3 is 10.6 Å². The van der Waals surface area contributed by atoms with Gasteiger partial charge in [-0.2, -0.15) is 0 Å². The predicted octanol–water partition coefficient (Wildman–Crippen LogP) is 2.92. The maximum atomic E-state index is 11.6. The highest BCUT2D eigenvalue weighted by Crippen LogP contribution is 2.32. The highest BCUT2D eigenvalue weighted by Gasteiger charge is 2.28. The Labute approximate surface area is 96.2 Å². The molecule has 1 fully saturated rings. The number of anilines is 1. The third-order valence-corrected chi connectivity index (χ3v) is 2.96. The normalized spacial score (nSPS) is 16.6. The van der Waals surface area contributed by atoms with Crippen molar-refractivity contribution in [2.75, 3.05) is 5.32 Å². The van der Waals surface area contributed by atoms with Gasteiger partial charge in [0.2, 0.25) is 0 Å². The maximum absolute atomic E-state index is 11.6. The number of carbonyl (C=O) groups is 1. The summed E-state index contributed by atoms with van der Waals surface area (Å²) in [5, 5.41) is 5.81. The van der Waals surface area contributed by atoms with Gasteiger partial charge in [-0.3, -0.25) is 0 Å². The summed E-state index contributed by atoms with van der Waals surface area (Å²) < 4.78 is 0. The Morgan fingerprint density at radius 2 is 2.19 bits per heavy atom. The molecule has 0 unspecified atom stereocenters. The molecule has 1 aliphatic carbocycles. The second-order valence-corrected chi connectivity index (χ2v) is 4.59. The number of rotatable bonds is 3. The van der Waals surface area contributed by atoms with Gasteiger partial charge in [0, 0.05) is 11.7 Å². The van der Waals surface area contributed by atoms with Crippen LogP contribution in [0.4, 0.5) is 10.5 Å². The van der Waals surface area contributed by atoms with Crippen molar-refractivity contribution in [1.29, 1.82) is 0 Å². The molecule has 3 heteroatoms. The predicted molar refractivity (Wildman–Crippen MR) is 65.5 cm³/mol. The van der Waals surface area contributed by atoms with Gasteiger partial charge in [-0.25, -0.2) is 4.79 Å². The molecule has 0 bridgehead atoms. The van der Waals surface area contributed by atoms with Gasteiger partial charge in [0.05, 0.1) is 0 Å². The van der Waals surface area contributed by atoms with Gasteiger partial charge in [-0.1, -0.05) is 12.1 Å². The van der Waals surface area contributed by atoms with Crippen LogP contribution in [0.3, 0.4) is 0 Å². The zero-order valence-electron chi connectivity index (χ0n) is 9.79. The monoisotopic (exact) mass is 218 g/mol. The van der Waals surface area contributed by atoms with Crippen molar-refractivity contribution >= 4 is 11.7 Å². The molecule has 0 saturated heterocycles. The molecule has 3 nitrogen and oxygen atoms in total. The molecule has 1 aromatic rings. The van der Waals surface area contributed by atoms with E-state index in [1.54, 1.807) is 0 Å². The minimum Gasteiger partial charge on any atom is -0.335 e. The standard InChI is InChI=1S/C13H18N2O/c1-9-4-3-5-12(8-9)15-13(16)14-10(2)11-6-7-11/h3-5,8,10-11H,6-7H2,1-2H3,(H2,14,15,16)/t10-/m0/s1. The van der Waals surface area contributed by atoms with Gasteiger partial charge >= 0.3 is 6.03 Å². The van der Waals surface area contributed by atoms with Crippen LogP contribution in [0.5, 0.6) is 0 Å². The number of carbonyl (C=O) groups excluding carboxylic acids is 1. The minimum absolute atomic E-state index is 0.106. The van der Waals surface area contributed by atoms with Gasteiger partial charge in [0.15, 0.2) is 0 Å². The molecule has 86 valence electrons.